The summed E-state index contributed by atoms with van der Waals surface area (Å²) in [6, 6.07) is 9.77. The number of nitrogens with two attached hydrogens (primary N) is 1. The average Bonchev–Trinajstić information content (AvgIpc) is 2.83. The number of imidazole rings is 1. The molecule has 21 heavy (non-hydrogen) atoms. The Kier molecular flexibility index (Phi) is 3.90. The van der Waals surface area contributed by atoms with Crippen molar-refractivity contribution in [3.63, 3.8) is 0 Å². The van der Waals surface area contributed by atoms with Gasteiger partial charge in [-0.05, 0) is 55.8 Å². The van der Waals surface area contributed by atoms with Crippen LogP contribution in [0.15, 0.2) is 36.5 Å². The first kappa shape index (κ1) is 14.0. The maximum atomic E-state index is 5.97. The monoisotopic (exact) mass is 300 g/mol. The van der Waals surface area contributed by atoms with Crippen LogP contribution in [0.5, 0.6) is 0 Å². The van der Waals surface area contributed by atoms with Gasteiger partial charge in [0.1, 0.15) is 11.3 Å². The molecule has 0 unspecified atom stereocenters. The smallest absolute Gasteiger partial charge is 0.160 e. The van der Waals surface area contributed by atoms with Crippen LogP contribution in [0.1, 0.15) is 12.0 Å². The van der Waals surface area contributed by atoms with E-state index in [9.17, 15) is 0 Å². The molecule has 0 aliphatic heterocycles. The second-order valence-corrected chi connectivity index (χ2v) is 5.53. The van der Waals surface area contributed by atoms with Gasteiger partial charge in [-0.3, -0.25) is 0 Å². The number of hydrogen-bond acceptors (Lipinski definition) is 3. The van der Waals surface area contributed by atoms with Gasteiger partial charge >= 0.3 is 0 Å². The molecule has 0 spiro atoms. The molecule has 2 aromatic heterocycles. The fourth-order valence-corrected chi connectivity index (χ4v) is 2.52. The summed E-state index contributed by atoms with van der Waals surface area (Å²) in [4.78, 5) is 9.27. The molecule has 0 aliphatic carbocycles. The third-order valence-corrected chi connectivity index (χ3v) is 3.66. The van der Waals surface area contributed by atoms with Gasteiger partial charge in [0.15, 0.2) is 5.65 Å². The second kappa shape index (κ2) is 5.84. The summed E-state index contributed by atoms with van der Waals surface area (Å²) in [7, 11) is 0. The Labute approximate surface area is 128 Å². The van der Waals surface area contributed by atoms with Gasteiger partial charge in [0, 0.05) is 23.3 Å². The lowest BCUT2D eigenvalue weighted by atomic mass is 10.2. The van der Waals surface area contributed by atoms with Gasteiger partial charge < -0.3 is 10.3 Å². The highest BCUT2D eigenvalue weighted by Gasteiger charge is 2.13. The SMILES string of the molecule is Cc1cnc2c(c1)nc(-c1ccc(Cl)cc1)n2CCCN. The molecule has 0 radical (unpaired) electrons. The van der Waals surface area contributed by atoms with E-state index >= 15 is 0 Å². The summed E-state index contributed by atoms with van der Waals surface area (Å²) in [5.41, 5.74) is 9.61. The van der Waals surface area contributed by atoms with Crippen molar-refractivity contribution in [2.45, 2.75) is 19.9 Å². The standard InChI is InChI=1S/C16H17ClN4/c1-11-9-14-16(19-10-11)21(8-2-7-18)15(20-14)12-3-5-13(17)6-4-12/h3-6,9-10H,2,7-8,18H2,1H3. The Hall–Kier alpha value is -1.91. The molecule has 5 heteroatoms. The molecule has 0 amide bonds. The molecular formula is C16H17ClN4. The van der Waals surface area contributed by atoms with E-state index in [1.54, 1.807) is 0 Å². The number of aryl methyl sites for hydroxylation is 2. The van der Waals surface area contributed by atoms with Gasteiger partial charge in [0.2, 0.25) is 0 Å². The van der Waals surface area contributed by atoms with Crippen molar-refractivity contribution in [1.82, 2.24) is 14.5 Å². The molecule has 0 saturated heterocycles. The summed E-state index contributed by atoms with van der Waals surface area (Å²) in [6.07, 6.45) is 2.76. The molecule has 4 nitrogen and oxygen atoms in total. The lowest BCUT2D eigenvalue weighted by molar-refractivity contribution is 0.667. The number of halogens is 1. The molecule has 2 heterocycles. The lowest BCUT2D eigenvalue weighted by Gasteiger charge is -2.08. The Balaban J connectivity index is 2.17. The lowest BCUT2D eigenvalue weighted by Crippen LogP contribution is -2.07. The highest BCUT2D eigenvalue weighted by Crippen LogP contribution is 2.25. The van der Waals surface area contributed by atoms with Gasteiger partial charge in [-0.15, -0.1) is 0 Å². The molecule has 3 rings (SSSR count). The van der Waals surface area contributed by atoms with Crippen molar-refractivity contribution in [3.8, 4) is 11.4 Å². The number of nitrogens with zero attached hydrogens (tertiary/aromatic N) is 3. The van der Waals surface area contributed by atoms with Gasteiger partial charge in [-0.1, -0.05) is 11.6 Å². The zero-order valence-corrected chi connectivity index (χ0v) is 12.6. The fourth-order valence-electron chi connectivity index (χ4n) is 2.39. The molecule has 0 saturated carbocycles. The third-order valence-electron chi connectivity index (χ3n) is 3.41. The number of rotatable bonds is 4. The highest BCUT2D eigenvalue weighted by molar-refractivity contribution is 6.30. The van der Waals surface area contributed by atoms with Gasteiger partial charge in [-0.2, -0.15) is 0 Å². The van der Waals surface area contributed by atoms with Crippen LogP contribution in [0.2, 0.25) is 5.02 Å². The average molecular weight is 301 g/mol. The minimum absolute atomic E-state index is 0.644. The van der Waals surface area contributed by atoms with Crippen LogP contribution in [0.25, 0.3) is 22.6 Å². The Morgan fingerprint density at radius 3 is 2.71 bits per heavy atom. The summed E-state index contributed by atoms with van der Waals surface area (Å²) >= 11 is 5.97. The molecule has 0 atom stereocenters. The zero-order valence-electron chi connectivity index (χ0n) is 11.9. The van der Waals surface area contributed by atoms with Crippen LogP contribution in [-0.4, -0.2) is 21.1 Å². The van der Waals surface area contributed by atoms with E-state index in [1.165, 1.54) is 0 Å². The topological polar surface area (TPSA) is 56.7 Å². The van der Waals surface area contributed by atoms with Crippen molar-refractivity contribution in [2.24, 2.45) is 5.73 Å². The molecule has 0 aliphatic rings. The predicted molar refractivity (Wildman–Crippen MR) is 86.4 cm³/mol. The Bertz CT molecular complexity index is 762. The number of fused-ring (bicyclic) bond motifs is 1. The third kappa shape index (κ3) is 2.77. The largest absolute Gasteiger partial charge is 0.330 e. The number of aromatic nitrogens is 3. The first-order chi connectivity index (χ1) is 10.2. The van der Waals surface area contributed by atoms with Crippen LogP contribution in [0.3, 0.4) is 0 Å². The molecule has 2 N–H and O–H groups in total. The van der Waals surface area contributed by atoms with Crippen LogP contribution >= 0.6 is 11.6 Å². The van der Waals surface area contributed by atoms with E-state index < -0.39 is 0 Å². The van der Waals surface area contributed by atoms with Crippen molar-refractivity contribution >= 4 is 22.8 Å². The summed E-state index contributed by atoms with van der Waals surface area (Å²) in [5.74, 6) is 0.910. The first-order valence-corrected chi connectivity index (χ1v) is 7.36. The van der Waals surface area contributed by atoms with E-state index in [2.05, 4.69) is 15.6 Å². The predicted octanol–water partition coefficient (Wildman–Crippen LogP) is 3.41. The Morgan fingerprint density at radius 2 is 2.00 bits per heavy atom. The van der Waals surface area contributed by atoms with Gasteiger partial charge in [0.05, 0.1) is 0 Å². The fraction of sp³-hybridized carbons (Fsp3) is 0.250. The normalized spacial score (nSPS) is 11.2. The number of pyridine rings is 1. The summed E-state index contributed by atoms with van der Waals surface area (Å²) in [6.45, 7) is 3.47. The summed E-state index contributed by atoms with van der Waals surface area (Å²) < 4.78 is 2.13. The first-order valence-electron chi connectivity index (χ1n) is 6.98. The van der Waals surface area contributed by atoms with Gasteiger partial charge in [0.25, 0.3) is 0 Å². The van der Waals surface area contributed by atoms with E-state index in [0.717, 1.165) is 46.1 Å². The second-order valence-electron chi connectivity index (χ2n) is 5.09. The van der Waals surface area contributed by atoms with Crippen LogP contribution < -0.4 is 5.73 Å². The molecule has 3 aromatic rings. The zero-order chi connectivity index (χ0) is 14.8. The molecule has 0 bridgehead atoms. The number of hydrogen-bond donors (Lipinski definition) is 1. The van der Waals surface area contributed by atoms with Gasteiger partial charge in [-0.25, -0.2) is 9.97 Å². The maximum absolute atomic E-state index is 5.97. The highest BCUT2D eigenvalue weighted by atomic mass is 35.5. The van der Waals surface area contributed by atoms with Crippen LogP contribution in [-0.2, 0) is 6.54 Å². The summed E-state index contributed by atoms with van der Waals surface area (Å²) in [5, 5.41) is 0.720. The van der Waals surface area contributed by atoms with Crippen molar-refractivity contribution < 1.29 is 0 Å². The molecule has 108 valence electrons. The molecule has 0 fully saturated rings. The molecule has 1 aromatic carbocycles. The van der Waals surface area contributed by atoms with E-state index in [0.29, 0.717) is 6.54 Å². The van der Waals surface area contributed by atoms with E-state index in [4.69, 9.17) is 22.3 Å². The van der Waals surface area contributed by atoms with Crippen molar-refractivity contribution in [3.05, 3.63) is 47.1 Å². The number of benzene rings is 1. The maximum Gasteiger partial charge on any atom is 0.160 e. The quantitative estimate of drug-likeness (QED) is 0.803. The minimum Gasteiger partial charge on any atom is -0.330 e. The minimum atomic E-state index is 0.644. The Morgan fingerprint density at radius 1 is 1.24 bits per heavy atom. The molecular weight excluding hydrogens is 284 g/mol. The van der Waals surface area contributed by atoms with Crippen molar-refractivity contribution in [2.75, 3.05) is 6.54 Å². The van der Waals surface area contributed by atoms with Crippen molar-refractivity contribution in [1.29, 1.82) is 0 Å². The van der Waals surface area contributed by atoms with Crippen LogP contribution in [0.4, 0.5) is 0 Å². The van der Waals surface area contributed by atoms with E-state index in [-0.39, 0.29) is 0 Å². The van der Waals surface area contributed by atoms with E-state index in [1.807, 2.05) is 37.4 Å². The van der Waals surface area contributed by atoms with Crippen LogP contribution in [0, 0.1) is 6.92 Å².